The number of nitrogens with one attached hydrogen (secondary N) is 1. The molecule has 0 aliphatic heterocycles. The lowest BCUT2D eigenvalue weighted by molar-refractivity contribution is 0.580. The van der Waals surface area contributed by atoms with Crippen LogP contribution in [0.2, 0.25) is 0 Å². The molecule has 0 bridgehead atoms. The van der Waals surface area contributed by atoms with Gasteiger partial charge in [0.2, 0.25) is 5.95 Å². The highest BCUT2D eigenvalue weighted by molar-refractivity contribution is 7.99. The molecule has 0 spiro atoms. The van der Waals surface area contributed by atoms with Gasteiger partial charge < -0.3 is 5.32 Å². The Kier molecular flexibility index (Phi) is 4.15. The van der Waals surface area contributed by atoms with Crippen molar-refractivity contribution in [3.8, 4) is 0 Å². The van der Waals surface area contributed by atoms with Crippen LogP contribution in [0.1, 0.15) is 12.5 Å². The molecule has 1 N–H and O–H groups in total. The Morgan fingerprint density at radius 3 is 2.67 bits per heavy atom. The summed E-state index contributed by atoms with van der Waals surface area (Å²) >= 11 is 1.30. The number of aromatic nitrogens is 2. The molecule has 5 heteroatoms. The second kappa shape index (κ2) is 5.82. The van der Waals surface area contributed by atoms with E-state index in [0.29, 0.717) is 17.5 Å². The van der Waals surface area contributed by atoms with Gasteiger partial charge >= 0.3 is 0 Å². The fraction of sp³-hybridized carbons (Fsp3) is 0.231. The minimum Gasteiger partial charge on any atom is -0.354 e. The molecule has 94 valence electrons. The molecule has 1 aromatic heterocycles. The number of aryl methyl sites for hydroxylation is 1. The molecule has 1 aromatic carbocycles. The molecule has 0 aliphatic rings. The SMILES string of the molecule is CCNc1ncc(F)c(Sc2ccc(C)cc2)n1. The molecule has 0 fully saturated rings. The predicted molar refractivity (Wildman–Crippen MR) is 71.5 cm³/mol. The van der Waals surface area contributed by atoms with Crippen molar-refractivity contribution in [1.82, 2.24) is 9.97 Å². The minimum atomic E-state index is -0.401. The third kappa shape index (κ3) is 3.20. The Hall–Kier alpha value is -1.62. The molecule has 3 nitrogen and oxygen atoms in total. The largest absolute Gasteiger partial charge is 0.354 e. The summed E-state index contributed by atoms with van der Waals surface area (Å²) in [5.74, 6) is 0.0516. The normalized spacial score (nSPS) is 10.4. The van der Waals surface area contributed by atoms with Gasteiger partial charge in [-0.1, -0.05) is 29.5 Å². The van der Waals surface area contributed by atoms with Gasteiger partial charge in [-0.25, -0.2) is 14.4 Å². The van der Waals surface area contributed by atoms with E-state index < -0.39 is 5.82 Å². The lowest BCUT2D eigenvalue weighted by atomic mass is 10.2. The second-order valence-electron chi connectivity index (χ2n) is 3.79. The van der Waals surface area contributed by atoms with Crippen LogP contribution in [0.15, 0.2) is 40.4 Å². The smallest absolute Gasteiger partial charge is 0.223 e. The number of anilines is 1. The molecule has 0 atom stereocenters. The van der Waals surface area contributed by atoms with E-state index in [0.717, 1.165) is 4.90 Å². The average molecular weight is 263 g/mol. The zero-order valence-corrected chi connectivity index (χ0v) is 11.1. The van der Waals surface area contributed by atoms with Crippen molar-refractivity contribution in [2.24, 2.45) is 0 Å². The lowest BCUT2D eigenvalue weighted by Crippen LogP contribution is -2.03. The van der Waals surface area contributed by atoms with E-state index in [1.807, 2.05) is 38.1 Å². The first-order chi connectivity index (χ1) is 8.69. The Labute approximate surface area is 110 Å². The average Bonchev–Trinajstić information content (AvgIpc) is 2.36. The van der Waals surface area contributed by atoms with E-state index in [1.165, 1.54) is 23.5 Å². The van der Waals surface area contributed by atoms with Crippen LogP contribution in [0.5, 0.6) is 0 Å². The molecule has 0 amide bonds. The summed E-state index contributed by atoms with van der Waals surface area (Å²) < 4.78 is 13.6. The van der Waals surface area contributed by atoms with E-state index in [1.54, 1.807) is 0 Å². The fourth-order valence-corrected chi connectivity index (χ4v) is 2.16. The molecule has 0 radical (unpaired) electrons. The van der Waals surface area contributed by atoms with Crippen molar-refractivity contribution < 1.29 is 4.39 Å². The van der Waals surface area contributed by atoms with Gasteiger partial charge in [0.05, 0.1) is 6.20 Å². The number of hydrogen-bond acceptors (Lipinski definition) is 4. The lowest BCUT2D eigenvalue weighted by Gasteiger charge is -2.05. The first-order valence-electron chi connectivity index (χ1n) is 5.70. The van der Waals surface area contributed by atoms with E-state index in [4.69, 9.17) is 0 Å². The van der Waals surface area contributed by atoms with E-state index in [2.05, 4.69) is 15.3 Å². The maximum Gasteiger partial charge on any atom is 0.223 e. The van der Waals surface area contributed by atoms with Crippen LogP contribution in [-0.2, 0) is 0 Å². The van der Waals surface area contributed by atoms with Gasteiger partial charge in [-0.3, -0.25) is 0 Å². The molecule has 0 saturated carbocycles. The van der Waals surface area contributed by atoms with Crippen LogP contribution < -0.4 is 5.32 Å². The molecule has 2 rings (SSSR count). The Balaban J connectivity index is 2.22. The highest BCUT2D eigenvalue weighted by Gasteiger charge is 2.08. The van der Waals surface area contributed by atoms with Gasteiger partial charge in [-0.05, 0) is 26.0 Å². The van der Waals surface area contributed by atoms with E-state index in [9.17, 15) is 4.39 Å². The van der Waals surface area contributed by atoms with Crippen molar-refractivity contribution in [1.29, 1.82) is 0 Å². The van der Waals surface area contributed by atoms with Crippen molar-refractivity contribution >= 4 is 17.7 Å². The number of halogens is 1. The Morgan fingerprint density at radius 1 is 1.28 bits per heavy atom. The number of hydrogen-bond donors (Lipinski definition) is 1. The summed E-state index contributed by atoms with van der Waals surface area (Å²) in [6.45, 7) is 4.67. The molecule has 2 aromatic rings. The third-order valence-corrected chi connectivity index (χ3v) is 3.27. The van der Waals surface area contributed by atoms with Gasteiger partial charge in [0.15, 0.2) is 5.82 Å². The van der Waals surface area contributed by atoms with Gasteiger partial charge in [0.1, 0.15) is 5.03 Å². The van der Waals surface area contributed by atoms with Crippen molar-refractivity contribution in [2.75, 3.05) is 11.9 Å². The van der Waals surface area contributed by atoms with Crippen molar-refractivity contribution in [3.63, 3.8) is 0 Å². The monoisotopic (exact) mass is 263 g/mol. The summed E-state index contributed by atoms with van der Waals surface area (Å²) in [7, 11) is 0. The maximum atomic E-state index is 13.6. The van der Waals surface area contributed by atoms with Gasteiger partial charge in [-0.15, -0.1) is 0 Å². The van der Waals surface area contributed by atoms with Crippen LogP contribution in [0.25, 0.3) is 0 Å². The second-order valence-corrected chi connectivity index (χ2v) is 4.85. The summed E-state index contributed by atoms with van der Waals surface area (Å²) in [4.78, 5) is 8.98. The van der Waals surface area contributed by atoms with Crippen molar-refractivity contribution in [3.05, 3.63) is 41.8 Å². The molecule has 18 heavy (non-hydrogen) atoms. The summed E-state index contributed by atoms with van der Waals surface area (Å²) in [5.41, 5.74) is 1.18. The number of nitrogens with zero attached hydrogens (tertiary/aromatic N) is 2. The fourth-order valence-electron chi connectivity index (χ4n) is 1.38. The zero-order chi connectivity index (χ0) is 13.0. The Morgan fingerprint density at radius 2 is 2.00 bits per heavy atom. The number of rotatable bonds is 4. The summed E-state index contributed by atoms with van der Waals surface area (Å²) in [5, 5.41) is 3.31. The van der Waals surface area contributed by atoms with E-state index >= 15 is 0 Å². The highest BCUT2D eigenvalue weighted by Crippen LogP contribution is 2.28. The van der Waals surface area contributed by atoms with Gasteiger partial charge in [0.25, 0.3) is 0 Å². The van der Waals surface area contributed by atoms with Gasteiger partial charge in [0, 0.05) is 11.4 Å². The summed E-state index contributed by atoms with van der Waals surface area (Å²) in [6.07, 6.45) is 1.20. The Bertz CT molecular complexity index is 528. The molecular weight excluding hydrogens is 249 g/mol. The third-order valence-electron chi connectivity index (χ3n) is 2.28. The molecule has 0 unspecified atom stereocenters. The van der Waals surface area contributed by atoms with Gasteiger partial charge in [-0.2, -0.15) is 0 Å². The summed E-state index contributed by atoms with van der Waals surface area (Å²) in [6, 6.07) is 7.89. The standard InChI is InChI=1S/C13H14FN3S/c1-3-15-13-16-8-11(14)12(17-13)18-10-6-4-9(2)5-7-10/h4-8H,3H2,1-2H3,(H,15,16,17). The first-order valence-corrected chi connectivity index (χ1v) is 6.51. The van der Waals surface area contributed by atoms with E-state index in [-0.39, 0.29) is 0 Å². The van der Waals surface area contributed by atoms with Crippen LogP contribution in [0.3, 0.4) is 0 Å². The van der Waals surface area contributed by atoms with Crippen LogP contribution in [0, 0.1) is 12.7 Å². The van der Waals surface area contributed by atoms with Crippen LogP contribution >= 0.6 is 11.8 Å². The minimum absolute atomic E-state index is 0.338. The first kappa shape index (κ1) is 12.8. The predicted octanol–water partition coefficient (Wildman–Crippen LogP) is 3.51. The molecule has 1 heterocycles. The van der Waals surface area contributed by atoms with Crippen molar-refractivity contribution in [2.45, 2.75) is 23.8 Å². The topological polar surface area (TPSA) is 37.8 Å². The van der Waals surface area contributed by atoms with Crippen LogP contribution in [0.4, 0.5) is 10.3 Å². The molecule has 0 aliphatic carbocycles. The highest BCUT2D eigenvalue weighted by atomic mass is 32.2. The number of benzene rings is 1. The maximum absolute atomic E-state index is 13.6. The molecule has 0 saturated heterocycles. The zero-order valence-electron chi connectivity index (χ0n) is 10.3. The quantitative estimate of drug-likeness (QED) is 0.857. The van der Waals surface area contributed by atoms with Crippen LogP contribution in [-0.4, -0.2) is 16.5 Å². The molecular formula is C13H14FN3S.